The Balaban J connectivity index is 2.28. The highest BCUT2D eigenvalue weighted by Gasteiger charge is 2.45. The molecule has 1 aliphatic rings. The van der Waals surface area contributed by atoms with Crippen LogP contribution in [0.1, 0.15) is 51.8 Å². The maximum Gasteiger partial charge on any atom is 0.0366 e. The maximum absolute atomic E-state index is 6.32. The molecule has 3 heteroatoms. The van der Waals surface area contributed by atoms with Gasteiger partial charge in [-0.2, -0.15) is 0 Å². The highest BCUT2D eigenvalue weighted by atomic mass is 32.1. The lowest BCUT2D eigenvalue weighted by atomic mass is 9.68. The topological polar surface area (TPSA) is 29.3 Å². The summed E-state index contributed by atoms with van der Waals surface area (Å²) < 4.78 is 0. The minimum atomic E-state index is 0.176. The van der Waals surface area contributed by atoms with Crippen molar-refractivity contribution in [1.29, 1.82) is 0 Å². The van der Waals surface area contributed by atoms with Gasteiger partial charge in [0.2, 0.25) is 0 Å². The summed E-state index contributed by atoms with van der Waals surface area (Å²) in [5.74, 6) is 1.48. The molecule has 1 heterocycles. The van der Waals surface area contributed by atoms with Crippen LogP contribution >= 0.6 is 11.3 Å². The third kappa shape index (κ3) is 3.10. The lowest BCUT2D eigenvalue weighted by Crippen LogP contribution is -2.61. The molecule has 1 aromatic rings. The van der Waals surface area contributed by atoms with Crippen LogP contribution in [0.15, 0.2) is 17.5 Å². The standard InChI is InChI=1S/C17H30N2S/c1-13(2)19(11-16-6-5-9-20-16)17(12-18)10-14(3)7-8-15(17)4/h5-6,9,13-15H,7-8,10-12,18H2,1-4H3. The second kappa shape index (κ2) is 6.59. The molecule has 0 aromatic carbocycles. The van der Waals surface area contributed by atoms with Crippen LogP contribution in [0.2, 0.25) is 0 Å². The molecule has 1 fully saturated rings. The summed E-state index contributed by atoms with van der Waals surface area (Å²) in [4.78, 5) is 4.14. The lowest BCUT2D eigenvalue weighted by Gasteiger charge is -2.53. The number of nitrogens with zero attached hydrogens (tertiary/aromatic N) is 1. The monoisotopic (exact) mass is 294 g/mol. The molecule has 3 atom stereocenters. The summed E-state index contributed by atoms with van der Waals surface area (Å²) in [7, 11) is 0. The van der Waals surface area contributed by atoms with E-state index >= 15 is 0 Å². The Morgan fingerprint density at radius 1 is 1.40 bits per heavy atom. The van der Waals surface area contributed by atoms with E-state index in [0.29, 0.717) is 12.0 Å². The van der Waals surface area contributed by atoms with E-state index in [-0.39, 0.29) is 5.54 Å². The Labute approximate surface area is 128 Å². The zero-order valence-electron chi connectivity index (χ0n) is 13.4. The molecule has 0 spiro atoms. The van der Waals surface area contributed by atoms with Crippen LogP contribution in [0, 0.1) is 11.8 Å². The van der Waals surface area contributed by atoms with Gasteiger partial charge in [0.25, 0.3) is 0 Å². The van der Waals surface area contributed by atoms with Gasteiger partial charge >= 0.3 is 0 Å². The van der Waals surface area contributed by atoms with E-state index in [9.17, 15) is 0 Å². The van der Waals surface area contributed by atoms with E-state index in [1.165, 1.54) is 24.1 Å². The maximum atomic E-state index is 6.32. The summed E-state index contributed by atoms with van der Waals surface area (Å²) in [5, 5.41) is 2.18. The molecular formula is C17H30N2S. The van der Waals surface area contributed by atoms with Crippen molar-refractivity contribution in [3.8, 4) is 0 Å². The second-order valence-electron chi connectivity index (χ2n) is 6.90. The molecule has 0 bridgehead atoms. The first-order valence-corrected chi connectivity index (χ1v) is 8.86. The molecule has 2 rings (SSSR count). The summed E-state index contributed by atoms with van der Waals surface area (Å²) in [5.41, 5.74) is 6.50. The van der Waals surface area contributed by atoms with Crippen molar-refractivity contribution in [2.24, 2.45) is 17.6 Å². The molecule has 2 N–H and O–H groups in total. The first kappa shape index (κ1) is 16.0. The molecule has 114 valence electrons. The van der Waals surface area contributed by atoms with E-state index in [2.05, 4.69) is 50.1 Å². The summed E-state index contributed by atoms with van der Waals surface area (Å²) in [6.45, 7) is 11.3. The van der Waals surface area contributed by atoms with Gasteiger partial charge < -0.3 is 5.73 Å². The average Bonchev–Trinajstić information content (AvgIpc) is 2.92. The lowest BCUT2D eigenvalue weighted by molar-refractivity contribution is -0.0296. The number of hydrogen-bond acceptors (Lipinski definition) is 3. The minimum absolute atomic E-state index is 0.176. The van der Waals surface area contributed by atoms with Crippen molar-refractivity contribution in [3.63, 3.8) is 0 Å². The van der Waals surface area contributed by atoms with E-state index in [1.54, 1.807) is 0 Å². The van der Waals surface area contributed by atoms with Crippen molar-refractivity contribution >= 4 is 11.3 Å². The molecule has 1 aromatic heterocycles. The summed E-state index contributed by atoms with van der Waals surface area (Å²) >= 11 is 1.86. The van der Waals surface area contributed by atoms with Crippen LogP contribution in [0.4, 0.5) is 0 Å². The van der Waals surface area contributed by atoms with E-state index < -0.39 is 0 Å². The number of nitrogens with two attached hydrogens (primary N) is 1. The zero-order valence-corrected chi connectivity index (χ0v) is 14.2. The Morgan fingerprint density at radius 2 is 2.15 bits per heavy atom. The minimum Gasteiger partial charge on any atom is -0.329 e. The SMILES string of the molecule is CC1CCC(C)C(CN)(N(Cc2cccs2)C(C)C)C1. The highest BCUT2D eigenvalue weighted by Crippen LogP contribution is 2.42. The smallest absolute Gasteiger partial charge is 0.0366 e. The first-order chi connectivity index (χ1) is 9.49. The summed E-state index contributed by atoms with van der Waals surface area (Å²) in [6.07, 6.45) is 3.91. The molecule has 3 unspecified atom stereocenters. The van der Waals surface area contributed by atoms with Crippen LogP contribution in [0.5, 0.6) is 0 Å². The highest BCUT2D eigenvalue weighted by molar-refractivity contribution is 7.09. The molecule has 1 aliphatic carbocycles. The van der Waals surface area contributed by atoms with E-state index in [1.807, 2.05) is 11.3 Å². The van der Waals surface area contributed by atoms with Gasteiger partial charge in [0.1, 0.15) is 0 Å². The van der Waals surface area contributed by atoms with Crippen LogP contribution in [0.25, 0.3) is 0 Å². The van der Waals surface area contributed by atoms with Gasteiger partial charge in [-0.15, -0.1) is 11.3 Å². The molecule has 0 radical (unpaired) electrons. The van der Waals surface area contributed by atoms with Crippen molar-refractivity contribution in [3.05, 3.63) is 22.4 Å². The molecular weight excluding hydrogens is 264 g/mol. The van der Waals surface area contributed by atoms with E-state index in [4.69, 9.17) is 5.73 Å². The Bertz CT molecular complexity index is 401. The van der Waals surface area contributed by atoms with Gasteiger partial charge in [-0.25, -0.2) is 0 Å². The normalized spacial score (nSPS) is 31.1. The van der Waals surface area contributed by atoms with Crippen molar-refractivity contribution < 1.29 is 0 Å². The quantitative estimate of drug-likeness (QED) is 0.885. The van der Waals surface area contributed by atoms with Gasteiger partial charge in [0.15, 0.2) is 0 Å². The fourth-order valence-corrected chi connectivity index (χ4v) is 4.64. The van der Waals surface area contributed by atoms with Crippen molar-refractivity contribution in [2.75, 3.05) is 6.54 Å². The first-order valence-electron chi connectivity index (χ1n) is 7.98. The third-order valence-corrected chi connectivity index (χ3v) is 6.03. The van der Waals surface area contributed by atoms with Crippen LogP contribution in [0.3, 0.4) is 0 Å². The predicted octanol–water partition coefficient (Wildman–Crippen LogP) is 4.11. The molecule has 20 heavy (non-hydrogen) atoms. The summed E-state index contributed by atoms with van der Waals surface area (Å²) in [6, 6.07) is 4.94. The Kier molecular flexibility index (Phi) is 5.27. The third-order valence-electron chi connectivity index (χ3n) is 5.17. The van der Waals surface area contributed by atoms with Gasteiger partial charge in [0, 0.05) is 29.5 Å². The van der Waals surface area contributed by atoms with Gasteiger partial charge in [0.05, 0.1) is 0 Å². The molecule has 0 saturated heterocycles. The fraction of sp³-hybridized carbons (Fsp3) is 0.765. The molecule has 2 nitrogen and oxygen atoms in total. The zero-order chi connectivity index (χ0) is 14.8. The van der Waals surface area contributed by atoms with E-state index in [0.717, 1.165) is 19.0 Å². The predicted molar refractivity (Wildman–Crippen MR) is 89.0 cm³/mol. The molecule has 1 saturated carbocycles. The molecule has 0 amide bonds. The average molecular weight is 295 g/mol. The van der Waals surface area contributed by atoms with Crippen molar-refractivity contribution in [2.45, 2.75) is 65.1 Å². The fourth-order valence-electron chi connectivity index (χ4n) is 3.94. The number of thiophene rings is 1. The van der Waals surface area contributed by atoms with Crippen LogP contribution in [-0.2, 0) is 6.54 Å². The number of hydrogen-bond donors (Lipinski definition) is 1. The number of rotatable bonds is 5. The van der Waals surface area contributed by atoms with Gasteiger partial charge in [-0.3, -0.25) is 4.90 Å². The van der Waals surface area contributed by atoms with Crippen LogP contribution in [-0.4, -0.2) is 23.0 Å². The Morgan fingerprint density at radius 3 is 2.70 bits per heavy atom. The second-order valence-corrected chi connectivity index (χ2v) is 7.93. The largest absolute Gasteiger partial charge is 0.329 e. The van der Waals surface area contributed by atoms with Crippen LogP contribution < -0.4 is 5.73 Å². The molecule has 0 aliphatic heterocycles. The van der Waals surface area contributed by atoms with Gasteiger partial charge in [-0.1, -0.05) is 26.3 Å². The van der Waals surface area contributed by atoms with Gasteiger partial charge in [-0.05, 0) is 50.0 Å². The Hall–Kier alpha value is -0.380. The van der Waals surface area contributed by atoms with Crippen molar-refractivity contribution in [1.82, 2.24) is 4.90 Å².